The third kappa shape index (κ3) is 2.99. The number of nitrogens with one attached hydrogen (secondary N) is 1. The first kappa shape index (κ1) is 13.9. The number of carbonyl (C=O) groups is 1. The van der Waals surface area contributed by atoms with Gasteiger partial charge in [0, 0.05) is 9.26 Å². The molecule has 0 bridgehead atoms. The highest BCUT2D eigenvalue weighted by Gasteiger charge is 2.12. The summed E-state index contributed by atoms with van der Waals surface area (Å²) in [5, 5.41) is 2.76. The first-order chi connectivity index (χ1) is 10.1. The summed E-state index contributed by atoms with van der Waals surface area (Å²) in [7, 11) is 0. The largest absolute Gasteiger partial charge is 0.420 e. The number of benzene rings is 2. The molecule has 1 aromatic heterocycles. The number of hydrogen-bond acceptors (Lipinski definition) is 3. The normalized spacial score (nSPS) is 10.7. The van der Waals surface area contributed by atoms with Gasteiger partial charge in [0.15, 0.2) is 5.58 Å². The fourth-order valence-electron chi connectivity index (χ4n) is 2.04. The molecule has 0 spiro atoms. The number of amides is 1. The number of oxazole rings is 1. The van der Waals surface area contributed by atoms with E-state index in [2.05, 4.69) is 27.9 Å². The van der Waals surface area contributed by atoms with E-state index in [1.807, 2.05) is 24.3 Å². The summed E-state index contributed by atoms with van der Waals surface area (Å²) in [5.41, 5.74) is 1.78. The van der Waals surface area contributed by atoms with Gasteiger partial charge in [0.05, 0.1) is 5.52 Å². The average molecular weight is 394 g/mol. The molecule has 0 unspecified atom stereocenters. The number of nitrogens with zero attached hydrogens (tertiary/aromatic N) is 1. The molecule has 2 aromatic carbocycles. The van der Waals surface area contributed by atoms with Gasteiger partial charge < -0.3 is 9.73 Å². The number of para-hydroxylation sites is 2. The first-order valence-electron chi connectivity index (χ1n) is 6.27. The van der Waals surface area contributed by atoms with Crippen molar-refractivity contribution in [1.29, 1.82) is 0 Å². The predicted molar refractivity (Wildman–Crippen MR) is 88.3 cm³/mol. The molecule has 3 aromatic rings. The molecule has 0 aliphatic heterocycles. The minimum absolute atomic E-state index is 0.0815. The zero-order chi connectivity index (χ0) is 14.8. The summed E-state index contributed by atoms with van der Waals surface area (Å²) in [5.74, 6) is -0.807. The molecule has 0 saturated carbocycles. The van der Waals surface area contributed by atoms with Crippen LogP contribution in [-0.2, 0) is 11.3 Å². The van der Waals surface area contributed by atoms with Crippen molar-refractivity contribution in [2.75, 3.05) is 5.32 Å². The van der Waals surface area contributed by atoms with Crippen molar-refractivity contribution in [1.82, 2.24) is 4.57 Å². The third-order valence-electron chi connectivity index (χ3n) is 3.00. The molecule has 3 rings (SSSR count). The Labute approximate surface area is 133 Å². The molecule has 106 valence electrons. The standard InChI is InChI=1S/C15H11IN2O3/c16-10-5-7-11(8-6-10)17-14(19)9-18-12-3-1-2-4-13(12)21-15(18)20/h1-8H,9H2,(H,17,19). The Kier molecular flexibility index (Phi) is 3.78. The van der Waals surface area contributed by atoms with Gasteiger partial charge in [0.2, 0.25) is 5.91 Å². The second-order valence-corrected chi connectivity index (χ2v) is 5.72. The van der Waals surface area contributed by atoms with Gasteiger partial charge in [0.1, 0.15) is 6.54 Å². The van der Waals surface area contributed by atoms with Crippen LogP contribution in [-0.4, -0.2) is 10.5 Å². The second-order valence-electron chi connectivity index (χ2n) is 4.48. The Morgan fingerprint density at radius 1 is 1.14 bits per heavy atom. The smallest absolute Gasteiger partial charge is 0.408 e. The maximum absolute atomic E-state index is 12.0. The van der Waals surface area contributed by atoms with Crippen molar-refractivity contribution in [3.05, 3.63) is 62.7 Å². The molecule has 0 aliphatic rings. The number of halogens is 1. The zero-order valence-corrected chi connectivity index (χ0v) is 13.0. The van der Waals surface area contributed by atoms with Gasteiger partial charge in [-0.2, -0.15) is 0 Å². The van der Waals surface area contributed by atoms with Crippen molar-refractivity contribution >= 4 is 45.3 Å². The number of fused-ring (bicyclic) bond motifs is 1. The molecule has 0 aliphatic carbocycles. The van der Waals surface area contributed by atoms with Crippen LogP contribution in [0.4, 0.5) is 5.69 Å². The van der Waals surface area contributed by atoms with Crippen LogP contribution in [0.5, 0.6) is 0 Å². The summed E-state index contributed by atoms with van der Waals surface area (Å²) >= 11 is 2.19. The van der Waals surface area contributed by atoms with Crippen molar-refractivity contribution < 1.29 is 9.21 Å². The van der Waals surface area contributed by atoms with E-state index < -0.39 is 5.76 Å². The maximum atomic E-state index is 12.0. The number of carbonyl (C=O) groups excluding carboxylic acids is 1. The monoisotopic (exact) mass is 394 g/mol. The number of anilines is 1. The molecule has 1 N–H and O–H groups in total. The molecular formula is C15H11IN2O3. The number of aromatic nitrogens is 1. The Morgan fingerprint density at radius 3 is 2.62 bits per heavy atom. The van der Waals surface area contributed by atoms with Gasteiger partial charge in [-0.3, -0.25) is 9.36 Å². The van der Waals surface area contributed by atoms with E-state index in [0.29, 0.717) is 16.8 Å². The lowest BCUT2D eigenvalue weighted by Gasteiger charge is -2.05. The van der Waals surface area contributed by atoms with Crippen LogP contribution in [0.1, 0.15) is 0 Å². The first-order valence-corrected chi connectivity index (χ1v) is 7.35. The summed E-state index contributed by atoms with van der Waals surface area (Å²) in [6.07, 6.45) is 0. The topological polar surface area (TPSA) is 64.2 Å². The van der Waals surface area contributed by atoms with E-state index in [0.717, 1.165) is 3.57 Å². The quantitative estimate of drug-likeness (QED) is 0.695. The summed E-state index contributed by atoms with van der Waals surface area (Å²) in [6.45, 7) is -0.0815. The fraction of sp³-hybridized carbons (Fsp3) is 0.0667. The lowest BCUT2D eigenvalue weighted by molar-refractivity contribution is -0.116. The average Bonchev–Trinajstić information content (AvgIpc) is 2.78. The van der Waals surface area contributed by atoms with Crippen molar-refractivity contribution in [3.8, 4) is 0 Å². The van der Waals surface area contributed by atoms with Crippen molar-refractivity contribution in [2.45, 2.75) is 6.54 Å². The van der Waals surface area contributed by atoms with Gasteiger partial charge in [0.25, 0.3) is 0 Å². The highest BCUT2D eigenvalue weighted by molar-refractivity contribution is 14.1. The van der Waals surface area contributed by atoms with Crippen molar-refractivity contribution in [2.24, 2.45) is 0 Å². The Hall–Kier alpha value is -2.09. The Morgan fingerprint density at radius 2 is 1.86 bits per heavy atom. The van der Waals surface area contributed by atoms with Crippen LogP contribution in [0.3, 0.4) is 0 Å². The molecular weight excluding hydrogens is 383 g/mol. The van der Waals surface area contributed by atoms with Crippen LogP contribution in [0.2, 0.25) is 0 Å². The summed E-state index contributed by atoms with van der Waals surface area (Å²) < 4.78 is 7.49. The van der Waals surface area contributed by atoms with E-state index in [9.17, 15) is 9.59 Å². The molecule has 0 radical (unpaired) electrons. The minimum atomic E-state index is -0.533. The number of rotatable bonds is 3. The van der Waals surface area contributed by atoms with E-state index >= 15 is 0 Å². The van der Waals surface area contributed by atoms with E-state index in [-0.39, 0.29) is 12.5 Å². The highest BCUT2D eigenvalue weighted by Crippen LogP contribution is 2.13. The highest BCUT2D eigenvalue weighted by atomic mass is 127. The van der Waals surface area contributed by atoms with Gasteiger partial charge in [-0.05, 0) is 59.0 Å². The molecule has 5 nitrogen and oxygen atoms in total. The van der Waals surface area contributed by atoms with Crippen molar-refractivity contribution in [3.63, 3.8) is 0 Å². The second kappa shape index (κ2) is 5.72. The molecule has 1 heterocycles. The van der Waals surface area contributed by atoms with Crippen LogP contribution in [0.25, 0.3) is 11.1 Å². The minimum Gasteiger partial charge on any atom is -0.408 e. The fourth-order valence-corrected chi connectivity index (χ4v) is 2.40. The SMILES string of the molecule is O=C(Cn1c(=O)oc2ccccc21)Nc1ccc(I)cc1. The van der Waals surface area contributed by atoms with Gasteiger partial charge in [-0.15, -0.1) is 0 Å². The lowest BCUT2D eigenvalue weighted by Crippen LogP contribution is -2.24. The molecule has 6 heteroatoms. The molecule has 21 heavy (non-hydrogen) atoms. The van der Waals surface area contributed by atoms with Gasteiger partial charge >= 0.3 is 5.76 Å². The van der Waals surface area contributed by atoms with Crippen LogP contribution in [0, 0.1) is 3.57 Å². The van der Waals surface area contributed by atoms with Crippen LogP contribution < -0.4 is 11.1 Å². The van der Waals surface area contributed by atoms with E-state index in [1.54, 1.807) is 24.3 Å². The van der Waals surface area contributed by atoms with Crippen LogP contribution in [0.15, 0.2) is 57.7 Å². The molecule has 0 saturated heterocycles. The maximum Gasteiger partial charge on any atom is 0.420 e. The summed E-state index contributed by atoms with van der Waals surface area (Å²) in [6, 6.07) is 14.5. The van der Waals surface area contributed by atoms with Gasteiger partial charge in [-0.1, -0.05) is 12.1 Å². The lowest BCUT2D eigenvalue weighted by atomic mass is 10.3. The van der Waals surface area contributed by atoms with Gasteiger partial charge in [-0.25, -0.2) is 4.79 Å². The third-order valence-corrected chi connectivity index (χ3v) is 3.72. The van der Waals surface area contributed by atoms with E-state index in [4.69, 9.17) is 4.42 Å². The molecule has 0 fully saturated rings. The Bertz CT molecular complexity index is 849. The Balaban J connectivity index is 1.82. The number of hydrogen-bond donors (Lipinski definition) is 1. The van der Waals surface area contributed by atoms with E-state index in [1.165, 1.54) is 4.57 Å². The molecule has 1 amide bonds. The molecule has 0 atom stereocenters. The summed E-state index contributed by atoms with van der Waals surface area (Å²) in [4.78, 5) is 23.8. The van der Waals surface area contributed by atoms with Crippen LogP contribution >= 0.6 is 22.6 Å². The predicted octanol–water partition coefficient (Wildman–Crippen LogP) is 2.84. The zero-order valence-electron chi connectivity index (χ0n) is 10.9.